The van der Waals surface area contributed by atoms with Crippen molar-refractivity contribution in [3.63, 3.8) is 0 Å². The molecule has 202 valence electrons. The third kappa shape index (κ3) is 6.36. The van der Waals surface area contributed by atoms with E-state index in [0.717, 1.165) is 38.1 Å². The molecule has 0 aliphatic heterocycles. The van der Waals surface area contributed by atoms with Gasteiger partial charge in [-0.25, -0.2) is 13.8 Å². The summed E-state index contributed by atoms with van der Waals surface area (Å²) in [6.07, 6.45) is 1.53. The highest BCUT2D eigenvalue weighted by Crippen LogP contribution is 2.28. The largest absolute Gasteiger partial charge is 0.318 e. The number of hydrazone groups is 1. The van der Waals surface area contributed by atoms with Gasteiger partial charge in [-0.1, -0.05) is 53.0 Å². The van der Waals surface area contributed by atoms with Crippen LogP contribution in [0.1, 0.15) is 28.1 Å². The van der Waals surface area contributed by atoms with Crippen LogP contribution in [-0.4, -0.2) is 31.7 Å². The van der Waals surface area contributed by atoms with Gasteiger partial charge in [0.1, 0.15) is 6.54 Å². The molecule has 0 aliphatic carbocycles. The Morgan fingerprint density at radius 3 is 2.31 bits per heavy atom. The summed E-state index contributed by atoms with van der Waals surface area (Å²) in [5, 5.41) is 5.02. The first-order valence-corrected chi connectivity index (χ1v) is 14.3. The predicted octanol–water partition coefficient (Wildman–Crippen LogP) is 6.36. The van der Waals surface area contributed by atoms with Crippen molar-refractivity contribution < 1.29 is 13.2 Å². The van der Waals surface area contributed by atoms with Crippen LogP contribution in [0.4, 0.5) is 5.69 Å². The van der Waals surface area contributed by atoms with Gasteiger partial charge in [0.05, 0.1) is 26.8 Å². The highest BCUT2D eigenvalue weighted by Gasteiger charge is 2.27. The number of anilines is 1. The van der Waals surface area contributed by atoms with Crippen molar-refractivity contribution in [1.29, 1.82) is 0 Å². The summed E-state index contributed by atoms with van der Waals surface area (Å²) in [6.45, 7) is 7.16. The molecule has 39 heavy (non-hydrogen) atoms. The van der Waals surface area contributed by atoms with Gasteiger partial charge in [-0.3, -0.25) is 9.10 Å². The van der Waals surface area contributed by atoms with Crippen LogP contribution in [0, 0.1) is 27.7 Å². The second-order valence-electron chi connectivity index (χ2n) is 9.22. The second-order valence-corrected chi connectivity index (χ2v) is 11.9. The fraction of sp³-hybridized carbons (Fsp3) is 0.172. The SMILES string of the molecule is Cc1ccc(S(=O)(=O)N(CC(=O)N/N=C\c2cc(C)n(-c3ccc(Cl)c(Cl)c3)c2C)c2cccc(C)c2)cc1. The van der Waals surface area contributed by atoms with Gasteiger partial charge < -0.3 is 4.57 Å². The lowest BCUT2D eigenvalue weighted by Crippen LogP contribution is -2.39. The number of nitrogens with zero attached hydrogens (tertiary/aromatic N) is 3. The number of sulfonamides is 1. The molecule has 4 aromatic rings. The molecule has 3 aromatic carbocycles. The van der Waals surface area contributed by atoms with Crippen LogP contribution in [0.3, 0.4) is 0 Å². The van der Waals surface area contributed by atoms with Gasteiger partial charge in [-0.2, -0.15) is 5.10 Å². The average molecular weight is 584 g/mol. The molecule has 0 unspecified atom stereocenters. The molecular formula is C29H28Cl2N4O3S. The molecule has 4 rings (SSSR count). The molecular weight excluding hydrogens is 555 g/mol. The Hall–Kier alpha value is -3.59. The third-order valence-electron chi connectivity index (χ3n) is 6.21. The lowest BCUT2D eigenvalue weighted by molar-refractivity contribution is -0.119. The van der Waals surface area contributed by atoms with Gasteiger partial charge >= 0.3 is 0 Å². The summed E-state index contributed by atoms with van der Waals surface area (Å²) in [6, 6.07) is 20.8. The molecule has 0 aliphatic rings. The van der Waals surface area contributed by atoms with Gasteiger partial charge in [0.25, 0.3) is 15.9 Å². The molecule has 1 amide bonds. The number of nitrogens with one attached hydrogen (secondary N) is 1. The van der Waals surface area contributed by atoms with E-state index in [-0.39, 0.29) is 4.90 Å². The Morgan fingerprint density at radius 1 is 0.923 bits per heavy atom. The maximum atomic E-state index is 13.5. The molecule has 0 radical (unpaired) electrons. The molecule has 7 nitrogen and oxygen atoms in total. The minimum Gasteiger partial charge on any atom is -0.318 e. The highest BCUT2D eigenvalue weighted by molar-refractivity contribution is 7.92. The minimum atomic E-state index is -4.01. The summed E-state index contributed by atoms with van der Waals surface area (Å²) in [7, 11) is -4.01. The quantitative estimate of drug-likeness (QED) is 0.194. The standard InChI is InChI=1S/C29H28Cl2N4O3S/c1-19-8-11-26(12-9-19)39(37,38)34(24-7-5-6-20(2)14-24)18-29(36)33-32-17-23-15-21(3)35(22(23)4)25-10-13-27(30)28(31)16-25/h5-17H,18H2,1-4H3,(H,33,36)/b32-17-. The highest BCUT2D eigenvalue weighted by atomic mass is 35.5. The van der Waals surface area contributed by atoms with Crippen LogP contribution >= 0.6 is 23.2 Å². The van der Waals surface area contributed by atoms with Crippen LogP contribution < -0.4 is 9.73 Å². The smallest absolute Gasteiger partial charge is 0.264 e. The van der Waals surface area contributed by atoms with E-state index in [1.54, 1.807) is 42.5 Å². The Bertz CT molecular complexity index is 1660. The van der Waals surface area contributed by atoms with Gasteiger partial charge in [0, 0.05) is 22.6 Å². The van der Waals surface area contributed by atoms with E-state index in [1.807, 2.05) is 50.5 Å². The maximum absolute atomic E-state index is 13.5. The number of hydrogen-bond acceptors (Lipinski definition) is 4. The fourth-order valence-corrected chi connectivity index (χ4v) is 5.92. The first-order valence-electron chi connectivity index (χ1n) is 12.1. The van der Waals surface area contributed by atoms with E-state index in [9.17, 15) is 13.2 Å². The molecule has 0 saturated carbocycles. The van der Waals surface area contributed by atoms with Gasteiger partial charge in [0.2, 0.25) is 0 Å². The van der Waals surface area contributed by atoms with E-state index < -0.39 is 22.5 Å². The Balaban J connectivity index is 1.56. The average Bonchev–Trinajstić information content (AvgIpc) is 3.17. The summed E-state index contributed by atoms with van der Waals surface area (Å²) >= 11 is 12.3. The summed E-state index contributed by atoms with van der Waals surface area (Å²) < 4.78 is 30.2. The molecule has 1 heterocycles. The molecule has 1 N–H and O–H groups in total. The molecule has 0 fully saturated rings. The maximum Gasteiger partial charge on any atom is 0.264 e. The number of rotatable bonds is 8. The summed E-state index contributed by atoms with van der Waals surface area (Å²) in [5.74, 6) is -0.582. The summed E-state index contributed by atoms with van der Waals surface area (Å²) in [5.41, 5.74) is 8.10. The van der Waals surface area contributed by atoms with Gasteiger partial charge in [0.15, 0.2) is 0 Å². The molecule has 1 aromatic heterocycles. The third-order valence-corrected chi connectivity index (χ3v) is 8.74. The summed E-state index contributed by atoms with van der Waals surface area (Å²) in [4.78, 5) is 13.0. The minimum absolute atomic E-state index is 0.0978. The van der Waals surface area contributed by atoms with Crippen molar-refractivity contribution in [2.45, 2.75) is 32.6 Å². The first-order chi connectivity index (χ1) is 18.5. The zero-order chi connectivity index (χ0) is 28.3. The number of hydrogen-bond donors (Lipinski definition) is 1. The van der Waals surface area contributed by atoms with E-state index in [4.69, 9.17) is 23.2 Å². The topological polar surface area (TPSA) is 83.8 Å². The van der Waals surface area contributed by atoms with Crippen LogP contribution in [0.5, 0.6) is 0 Å². The van der Waals surface area contributed by atoms with E-state index in [0.29, 0.717) is 15.7 Å². The Morgan fingerprint density at radius 2 is 1.64 bits per heavy atom. The number of amides is 1. The van der Waals surface area contributed by atoms with Crippen LogP contribution in [0.25, 0.3) is 5.69 Å². The van der Waals surface area contributed by atoms with Gasteiger partial charge in [-0.15, -0.1) is 0 Å². The number of aryl methyl sites for hydroxylation is 3. The van der Waals surface area contributed by atoms with Crippen molar-refractivity contribution in [3.8, 4) is 5.69 Å². The number of carbonyl (C=O) groups excluding carboxylic acids is 1. The number of benzene rings is 3. The predicted molar refractivity (Wildman–Crippen MR) is 158 cm³/mol. The lowest BCUT2D eigenvalue weighted by Gasteiger charge is -2.24. The van der Waals surface area contributed by atoms with Crippen molar-refractivity contribution in [1.82, 2.24) is 9.99 Å². The van der Waals surface area contributed by atoms with Crippen LogP contribution in [0.15, 0.2) is 82.8 Å². The lowest BCUT2D eigenvalue weighted by atomic mass is 10.2. The van der Waals surface area contributed by atoms with Crippen molar-refractivity contribution in [3.05, 3.63) is 111 Å². The van der Waals surface area contributed by atoms with Crippen molar-refractivity contribution in [2.24, 2.45) is 5.10 Å². The van der Waals surface area contributed by atoms with E-state index in [2.05, 4.69) is 10.5 Å². The number of aromatic nitrogens is 1. The molecule has 0 atom stereocenters. The monoisotopic (exact) mass is 582 g/mol. The number of halogens is 2. The normalized spacial score (nSPS) is 11.6. The van der Waals surface area contributed by atoms with Crippen LogP contribution in [0.2, 0.25) is 10.0 Å². The van der Waals surface area contributed by atoms with Gasteiger partial charge in [-0.05, 0) is 81.8 Å². The molecule has 10 heteroatoms. The Labute approximate surface area is 238 Å². The van der Waals surface area contributed by atoms with Crippen LogP contribution in [-0.2, 0) is 14.8 Å². The molecule has 0 saturated heterocycles. The molecule has 0 bridgehead atoms. The first kappa shape index (κ1) is 28.4. The molecule has 0 spiro atoms. The van der Waals surface area contributed by atoms with E-state index >= 15 is 0 Å². The van der Waals surface area contributed by atoms with Crippen molar-refractivity contribution in [2.75, 3.05) is 10.8 Å². The zero-order valence-corrected chi connectivity index (χ0v) is 24.3. The number of carbonyl (C=O) groups is 1. The zero-order valence-electron chi connectivity index (χ0n) is 21.9. The second kappa shape index (κ2) is 11.7. The van der Waals surface area contributed by atoms with E-state index in [1.165, 1.54) is 18.3 Å². The van der Waals surface area contributed by atoms with Crippen molar-refractivity contribution >= 4 is 51.0 Å². The Kier molecular flexibility index (Phi) is 8.49. The fourth-order valence-electron chi connectivity index (χ4n) is 4.21.